The maximum Gasteiger partial charge on any atom is 0.183 e. The molecule has 1 aliphatic rings. The van der Waals surface area contributed by atoms with Crippen LogP contribution in [-0.2, 0) is 19.3 Å². The minimum absolute atomic E-state index is 0.281. The van der Waals surface area contributed by atoms with Gasteiger partial charge in [0.05, 0.1) is 10.2 Å². The number of aliphatic hydroxyl groups is 1. The first-order valence-electron chi connectivity index (χ1n) is 11.3. The molecule has 2 aromatic heterocycles. The predicted molar refractivity (Wildman–Crippen MR) is 141 cm³/mol. The second-order valence-corrected chi connectivity index (χ2v) is 11.2. The van der Waals surface area contributed by atoms with Crippen molar-refractivity contribution in [3.63, 3.8) is 0 Å². The molecular formula is C27H30N2O2S2. The number of carbonyl (C=O) groups is 1. The van der Waals surface area contributed by atoms with Crippen molar-refractivity contribution in [1.29, 1.82) is 0 Å². The van der Waals surface area contributed by atoms with Crippen LogP contribution in [0.2, 0.25) is 0 Å². The van der Waals surface area contributed by atoms with E-state index < -0.39 is 0 Å². The van der Waals surface area contributed by atoms with Gasteiger partial charge in [-0.25, -0.2) is 4.98 Å². The lowest BCUT2D eigenvalue weighted by molar-refractivity contribution is 0.112. The van der Waals surface area contributed by atoms with E-state index in [0.29, 0.717) is 0 Å². The summed E-state index contributed by atoms with van der Waals surface area (Å²) in [5.41, 5.74) is 5.97. The number of aromatic nitrogens is 1. The summed E-state index contributed by atoms with van der Waals surface area (Å²) >= 11 is 3.51. The monoisotopic (exact) mass is 478 g/mol. The summed E-state index contributed by atoms with van der Waals surface area (Å²) in [6.07, 6.45) is 5.29. The number of benzene rings is 2. The first-order chi connectivity index (χ1) is 16.0. The van der Waals surface area contributed by atoms with E-state index in [-0.39, 0.29) is 5.41 Å². The molecule has 6 heteroatoms. The zero-order valence-corrected chi connectivity index (χ0v) is 21.0. The molecular weight excluding hydrogens is 448 g/mol. The maximum atomic E-state index is 11.9. The number of aliphatic hydroxyl groups excluding tert-OH is 1. The number of rotatable bonds is 6. The van der Waals surface area contributed by atoms with Gasteiger partial charge < -0.3 is 10.4 Å². The Morgan fingerprint density at radius 3 is 2.58 bits per heavy atom. The van der Waals surface area contributed by atoms with Crippen LogP contribution in [0.1, 0.15) is 46.6 Å². The molecule has 2 aromatic carbocycles. The molecule has 0 spiro atoms. The van der Waals surface area contributed by atoms with Crippen LogP contribution in [-0.4, -0.2) is 30.0 Å². The number of nitrogens with zero attached hydrogens (tertiary/aromatic N) is 1. The maximum absolute atomic E-state index is 11.9. The van der Waals surface area contributed by atoms with Gasteiger partial charge in [-0.3, -0.25) is 4.79 Å². The molecule has 0 amide bonds. The van der Waals surface area contributed by atoms with Crippen LogP contribution < -0.4 is 5.32 Å². The number of aldehydes is 1. The number of thiophene rings is 1. The number of nitrogens with one attached hydrogen (secondary N) is 1. The van der Waals surface area contributed by atoms with Crippen molar-refractivity contribution >= 4 is 44.3 Å². The van der Waals surface area contributed by atoms with Crippen molar-refractivity contribution in [3.8, 4) is 10.4 Å². The molecule has 0 saturated heterocycles. The van der Waals surface area contributed by atoms with Crippen LogP contribution in [0.25, 0.3) is 20.7 Å². The van der Waals surface area contributed by atoms with E-state index in [4.69, 9.17) is 5.11 Å². The van der Waals surface area contributed by atoms with Crippen molar-refractivity contribution in [2.24, 2.45) is 5.41 Å². The van der Waals surface area contributed by atoms with Gasteiger partial charge in [0, 0.05) is 29.0 Å². The van der Waals surface area contributed by atoms with E-state index in [1.807, 2.05) is 29.5 Å². The largest absolute Gasteiger partial charge is 0.400 e. The molecule has 2 N–H and O–H groups in total. The fraction of sp³-hybridized carbons (Fsp3) is 0.333. The molecule has 4 nitrogen and oxygen atoms in total. The van der Waals surface area contributed by atoms with Gasteiger partial charge in [0.15, 0.2) is 11.4 Å². The summed E-state index contributed by atoms with van der Waals surface area (Å²) in [5.74, 6) is 0. The van der Waals surface area contributed by atoms with Crippen molar-refractivity contribution in [2.75, 3.05) is 19.0 Å². The lowest BCUT2D eigenvalue weighted by Crippen LogP contribution is -2.21. The number of aryl methyl sites for hydroxylation is 1. The van der Waals surface area contributed by atoms with Gasteiger partial charge >= 0.3 is 0 Å². The van der Waals surface area contributed by atoms with Gasteiger partial charge in [-0.15, -0.1) is 11.3 Å². The second kappa shape index (κ2) is 10.2. The van der Waals surface area contributed by atoms with E-state index in [2.05, 4.69) is 54.5 Å². The van der Waals surface area contributed by atoms with Gasteiger partial charge in [0.2, 0.25) is 0 Å². The quantitative estimate of drug-likeness (QED) is 0.306. The molecule has 33 heavy (non-hydrogen) atoms. The Balaban J connectivity index is 0.00000126. The van der Waals surface area contributed by atoms with E-state index in [9.17, 15) is 4.79 Å². The van der Waals surface area contributed by atoms with E-state index >= 15 is 0 Å². The minimum Gasteiger partial charge on any atom is -0.400 e. The predicted octanol–water partition coefficient (Wildman–Crippen LogP) is 6.62. The van der Waals surface area contributed by atoms with Crippen molar-refractivity contribution in [3.05, 3.63) is 70.1 Å². The highest BCUT2D eigenvalue weighted by atomic mass is 32.1. The number of carbonyl (C=O) groups excluding carboxylic acids is 1. The highest BCUT2D eigenvalue weighted by molar-refractivity contribution is 7.22. The Bertz CT molecular complexity index is 1210. The van der Waals surface area contributed by atoms with Gasteiger partial charge in [0.1, 0.15) is 0 Å². The third kappa shape index (κ3) is 5.18. The van der Waals surface area contributed by atoms with Gasteiger partial charge in [-0.1, -0.05) is 61.6 Å². The van der Waals surface area contributed by atoms with Crippen LogP contribution in [0.5, 0.6) is 0 Å². The fourth-order valence-corrected chi connectivity index (χ4v) is 6.55. The molecule has 5 rings (SSSR count). The molecule has 0 aliphatic heterocycles. The molecule has 0 saturated carbocycles. The van der Waals surface area contributed by atoms with Gasteiger partial charge in [-0.2, -0.15) is 0 Å². The van der Waals surface area contributed by atoms with Crippen LogP contribution in [0.15, 0.2) is 48.5 Å². The van der Waals surface area contributed by atoms with Crippen LogP contribution in [0.3, 0.4) is 0 Å². The van der Waals surface area contributed by atoms with E-state index in [1.165, 1.54) is 27.1 Å². The summed E-state index contributed by atoms with van der Waals surface area (Å²) in [4.78, 5) is 19.1. The molecule has 4 aromatic rings. The lowest BCUT2D eigenvalue weighted by atomic mass is 9.76. The summed E-state index contributed by atoms with van der Waals surface area (Å²) in [6, 6.07) is 16.9. The smallest absolute Gasteiger partial charge is 0.183 e. The molecule has 0 unspecified atom stereocenters. The first kappa shape index (κ1) is 23.6. The molecule has 0 bridgehead atoms. The third-order valence-corrected chi connectivity index (χ3v) is 8.48. The van der Waals surface area contributed by atoms with Crippen molar-refractivity contribution in [2.45, 2.75) is 39.5 Å². The molecule has 1 aliphatic carbocycles. The molecule has 0 fully saturated rings. The van der Waals surface area contributed by atoms with Gasteiger partial charge in [-0.05, 0) is 59.9 Å². The Morgan fingerprint density at radius 1 is 1.09 bits per heavy atom. The summed E-state index contributed by atoms with van der Waals surface area (Å²) < 4.78 is 1.21. The normalized spacial score (nSPS) is 14.3. The Kier molecular flexibility index (Phi) is 7.27. The Hall–Kier alpha value is -2.54. The zero-order valence-electron chi connectivity index (χ0n) is 19.4. The molecule has 0 radical (unpaired) electrons. The fourth-order valence-electron chi connectivity index (χ4n) is 4.37. The summed E-state index contributed by atoms with van der Waals surface area (Å²) in [7, 11) is 1.00. The average Bonchev–Trinajstić information content (AvgIpc) is 3.40. The van der Waals surface area contributed by atoms with Crippen molar-refractivity contribution < 1.29 is 9.90 Å². The Labute approximate surface area is 203 Å². The number of thiazole rings is 1. The second-order valence-electron chi connectivity index (χ2n) is 9.07. The molecule has 2 heterocycles. The van der Waals surface area contributed by atoms with Crippen LogP contribution in [0.4, 0.5) is 5.13 Å². The number of anilines is 1. The van der Waals surface area contributed by atoms with Crippen LogP contribution in [0, 0.1) is 5.41 Å². The SMILES string of the molecule is CC1(C)CCc2sc(-c3ccc(CCNc4nc5ccccc5s4)cc3)c(C=O)c2C1.CO. The minimum atomic E-state index is 0.281. The third-order valence-electron chi connectivity index (χ3n) is 6.13. The first-order valence-corrected chi connectivity index (χ1v) is 12.9. The lowest BCUT2D eigenvalue weighted by Gasteiger charge is -2.29. The average molecular weight is 479 g/mol. The summed E-state index contributed by atoms with van der Waals surface area (Å²) in [5, 5.41) is 11.4. The highest BCUT2D eigenvalue weighted by Gasteiger charge is 2.30. The number of hydrogen-bond donors (Lipinski definition) is 2. The van der Waals surface area contributed by atoms with Crippen molar-refractivity contribution in [1.82, 2.24) is 4.98 Å². The van der Waals surface area contributed by atoms with Gasteiger partial charge in [0.25, 0.3) is 0 Å². The van der Waals surface area contributed by atoms with E-state index in [0.717, 1.165) is 65.9 Å². The van der Waals surface area contributed by atoms with Crippen LogP contribution >= 0.6 is 22.7 Å². The Morgan fingerprint density at radius 2 is 1.85 bits per heavy atom. The highest BCUT2D eigenvalue weighted by Crippen LogP contribution is 2.44. The number of hydrogen-bond acceptors (Lipinski definition) is 6. The number of para-hydroxylation sites is 1. The molecule has 0 atom stereocenters. The number of fused-ring (bicyclic) bond motifs is 2. The topological polar surface area (TPSA) is 62.2 Å². The zero-order chi connectivity index (χ0) is 23.4. The van der Waals surface area contributed by atoms with E-state index in [1.54, 1.807) is 11.3 Å². The summed E-state index contributed by atoms with van der Waals surface area (Å²) in [6.45, 7) is 5.46. The molecule has 172 valence electrons. The standard InChI is InChI=1S/C26H26N2OS2.CH4O/c1-26(2)13-11-22-19(15-26)20(16-29)24(30-22)18-9-7-17(8-10-18)12-14-27-25-28-21-5-3-4-6-23(21)31-25;1-2/h3-10,16H,11-15H2,1-2H3,(H,27,28);2H,1H3.